The summed E-state index contributed by atoms with van der Waals surface area (Å²) in [5.41, 5.74) is 12.6. The number of methoxy groups -OCH3 is 1. The summed E-state index contributed by atoms with van der Waals surface area (Å²) in [4.78, 5) is 10.4. The number of rotatable bonds is 3. The molecule has 2 saturated heterocycles. The summed E-state index contributed by atoms with van der Waals surface area (Å²) in [6, 6.07) is 16.8. The first kappa shape index (κ1) is 26.2. The van der Waals surface area contributed by atoms with E-state index < -0.39 is 0 Å². The number of hydrogen-bond acceptors (Lipinski definition) is 5. The number of likely N-dealkylation sites (N-methyl/N-ethyl adjacent to an activating group) is 1. The maximum Gasteiger partial charge on any atom is 0.128 e. The molecule has 6 heteroatoms. The van der Waals surface area contributed by atoms with Gasteiger partial charge in [0.05, 0.1) is 61.6 Å². The van der Waals surface area contributed by atoms with Crippen LogP contribution in [0.5, 0.6) is 5.75 Å². The minimum atomic E-state index is 0.0767. The Hall–Kier alpha value is -3.87. The summed E-state index contributed by atoms with van der Waals surface area (Å²) in [5, 5.41) is 2.20. The second kappa shape index (κ2) is 8.72. The van der Waals surface area contributed by atoms with E-state index in [1.165, 1.54) is 69.3 Å². The van der Waals surface area contributed by atoms with Gasteiger partial charge in [-0.05, 0) is 70.9 Å². The number of benzene rings is 2. The number of quaternary nitrogens is 1. The molecule has 0 radical (unpaired) electrons. The Bertz CT molecular complexity index is 2070. The third kappa shape index (κ3) is 2.96. The smallest absolute Gasteiger partial charge is 0.128 e. The minimum absolute atomic E-state index is 0.0767. The lowest BCUT2D eigenvalue weighted by atomic mass is 9.53. The van der Waals surface area contributed by atoms with Gasteiger partial charge in [-0.2, -0.15) is 0 Å². The first-order valence-electron chi connectivity index (χ1n) is 17.5. The molecule has 1 aliphatic carbocycles. The molecule has 1 saturated carbocycles. The highest BCUT2D eigenvalue weighted by Crippen LogP contribution is 2.67. The molecule has 0 N–H and O–H groups in total. The van der Waals surface area contributed by atoms with Crippen LogP contribution in [0.15, 0.2) is 106 Å². The molecule has 8 heterocycles. The molecule has 1 spiro atoms. The molecule has 46 heavy (non-hydrogen) atoms. The van der Waals surface area contributed by atoms with Crippen LogP contribution in [0.2, 0.25) is 0 Å². The summed E-state index contributed by atoms with van der Waals surface area (Å²) in [6.45, 7) is 6.44. The summed E-state index contributed by atoms with van der Waals surface area (Å²) >= 11 is 0. The largest absolute Gasteiger partial charge is 0.496 e. The van der Waals surface area contributed by atoms with Crippen LogP contribution in [0.4, 0.5) is 5.69 Å². The summed E-state index contributed by atoms with van der Waals surface area (Å²) in [7, 11) is 4.32. The van der Waals surface area contributed by atoms with Gasteiger partial charge in [0.25, 0.3) is 0 Å². The van der Waals surface area contributed by atoms with Crippen molar-refractivity contribution in [3.05, 3.63) is 117 Å². The van der Waals surface area contributed by atoms with E-state index in [4.69, 9.17) is 14.5 Å². The summed E-state index contributed by atoms with van der Waals surface area (Å²) in [6.07, 6.45) is 14.5. The molecule has 11 rings (SSSR count). The average molecular weight is 610 g/mol. The van der Waals surface area contributed by atoms with E-state index in [-0.39, 0.29) is 11.5 Å². The van der Waals surface area contributed by atoms with Crippen LogP contribution in [0.3, 0.4) is 0 Å². The summed E-state index contributed by atoms with van der Waals surface area (Å²) in [5.74, 6) is 1.95. The molecule has 2 aromatic carbocycles. The Morgan fingerprint density at radius 3 is 2.93 bits per heavy atom. The fraction of sp³-hybridized carbons (Fsp3) is 0.425. The quantitative estimate of drug-likeness (QED) is 0.369. The third-order valence-corrected chi connectivity index (χ3v) is 13.6. The third-order valence-electron chi connectivity index (χ3n) is 13.6. The average Bonchev–Trinajstić information content (AvgIpc) is 3.68. The molecule has 1 unspecified atom stereocenters. The molecule has 0 amide bonds. The normalized spacial score (nSPS) is 36.8. The van der Waals surface area contributed by atoms with Crippen molar-refractivity contribution < 1.29 is 14.0 Å². The number of hydrogen-bond donors (Lipinski definition) is 0. The van der Waals surface area contributed by atoms with Gasteiger partial charge in [-0.3, -0.25) is 0 Å². The van der Waals surface area contributed by atoms with Crippen LogP contribution in [0, 0.1) is 11.8 Å². The molecule has 3 fully saturated rings. The van der Waals surface area contributed by atoms with Crippen LogP contribution in [-0.4, -0.2) is 68.0 Å². The molecular formula is C40H41N4O2+. The molecule has 8 aliphatic heterocycles. The van der Waals surface area contributed by atoms with Gasteiger partial charge >= 0.3 is 0 Å². The van der Waals surface area contributed by atoms with Crippen molar-refractivity contribution in [2.45, 2.75) is 56.2 Å². The number of fused-ring (bicyclic) bond motifs is 5. The first-order valence-corrected chi connectivity index (χ1v) is 17.5. The Labute approximate surface area is 270 Å². The number of allylic oxidation sites excluding steroid dienone is 3. The Balaban J connectivity index is 1.14. The monoisotopic (exact) mass is 609 g/mol. The van der Waals surface area contributed by atoms with E-state index in [0.29, 0.717) is 30.5 Å². The second-order valence-corrected chi connectivity index (χ2v) is 15.3. The lowest BCUT2D eigenvalue weighted by Gasteiger charge is -2.59. The number of para-hydroxylation sites is 1. The molecule has 7 atom stereocenters. The van der Waals surface area contributed by atoms with Gasteiger partial charge in [0.15, 0.2) is 0 Å². The van der Waals surface area contributed by atoms with Crippen molar-refractivity contribution in [2.24, 2.45) is 16.8 Å². The fourth-order valence-corrected chi connectivity index (χ4v) is 11.9. The van der Waals surface area contributed by atoms with Crippen molar-refractivity contribution in [3.63, 3.8) is 0 Å². The zero-order chi connectivity index (χ0) is 30.5. The number of anilines is 1. The summed E-state index contributed by atoms with van der Waals surface area (Å²) < 4.78 is 14.1. The van der Waals surface area contributed by atoms with Gasteiger partial charge < -0.3 is 23.8 Å². The lowest BCUT2D eigenvalue weighted by Crippen LogP contribution is -2.70. The van der Waals surface area contributed by atoms with Crippen LogP contribution < -0.4 is 20.2 Å². The van der Waals surface area contributed by atoms with E-state index in [1.807, 2.05) is 0 Å². The zero-order valence-electron chi connectivity index (χ0n) is 27.0. The highest BCUT2D eigenvalue weighted by molar-refractivity contribution is 5.75. The van der Waals surface area contributed by atoms with Gasteiger partial charge in [0.2, 0.25) is 0 Å². The molecule has 2 aromatic rings. The Morgan fingerprint density at radius 2 is 2.04 bits per heavy atom. The maximum absolute atomic E-state index is 7.10. The van der Waals surface area contributed by atoms with E-state index >= 15 is 0 Å². The number of ether oxygens (including phenoxy) is 2. The zero-order valence-corrected chi connectivity index (χ0v) is 27.0. The number of piperidine rings is 1. The van der Waals surface area contributed by atoms with Crippen LogP contribution in [0.1, 0.15) is 38.2 Å². The van der Waals surface area contributed by atoms with Crippen LogP contribution in [-0.2, 0) is 10.2 Å². The standard InChI is InChI=1S/C40H41N4O2/c1-4-23-20-42-15-12-25-35-30(9-7-11-33(35)45-3)41-37(25)32(42)18-26(23)28-21-43-31-10-6-5-8-29(31)40-14-16-44(2)22-24-13-17-46-38(28)36(39(40)43)27(24)19-34(40)44/h5-11,13,18,20-21,27,34,36,38-39H,4,12,14-17,19,22H2,1-3H3/q+1/t27-,34-,36-,38-,39-,40+,44?/m0/s1. The molecule has 9 aliphatic rings. The molecular weight excluding hydrogens is 568 g/mol. The topological polar surface area (TPSA) is 37.3 Å². The van der Waals surface area contributed by atoms with Gasteiger partial charge in [-0.1, -0.05) is 37.3 Å². The Kier molecular flexibility index (Phi) is 4.97. The van der Waals surface area contributed by atoms with E-state index in [1.54, 1.807) is 18.2 Å². The molecule has 0 aromatic heterocycles. The van der Waals surface area contributed by atoms with E-state index in [2.05, 4.69) is 90.8 Å². The predicted octanol–water partition coefficient (Wildman–Crippen LogP) is 4.85. The van der Waals surface area contributed by atoms with Crippen LogP contribution >= 0.6 is 0 Å². The van der Waals surface area contributed by atoms with Crippen molar-refractivity contribution >= 4 is 11.3 Å². The van der Waals surface area contributed by atoms with Gasteiger partial charge in [-0.25, -0.2) is 4.99 Å². The Morgan fingerprint density at radius 1 is 1.13 bits per heavy atom. The minimum Gasteiger partial charge on any atom is -0.496 e. The number of nitrogens with zero attached hydrogens (tertiary/aromatic N) is 4. The second-order valence-electron chi connectivity index (χ2n) is 15.3. The highest BCUT2D eigenvalue weighted by atomic mass is 16.5. The van der Waals surface area contributed by atoms with Crippen molar-refractivity contribution in [1.29, 1.82) is 0 Å². The molecule has 232 valence electrons. The van der Waals surface area contributed by atoms with Crippen LogP contribution in [0.25, 0.3) is 5.57 Å². The molecule has 6 nitrogen and oxygen atoms in total. The predicted molar refractivity (Wildman–Crippen MR) is 178 cm³/mol. The van der Waals surface area contributed by atoms with Crippen molar-refractivity contribution in [1.82, 2.24) is 4.90 Å². The van der Waals surface area contributed by atoms with E-state index in [9.17, 15) is 0 Å². The lowest BCUT2D eigenvalue weighted by molar-refractivity contribution is -0.925. The molecule has 2 bridgehead atoms. The van der Waals surface area contributed by atoms with Crippen molar-refractivity contribution in [2.75, 3.05) is 45.3 Å². The SMILES string of the molecule is CCC1=CN2CCC3=c4c(OC)cccc4=NC3=C2C=C1C1=CN2c3ccccc3[C@@]34CC[N+]5(C)CC6=CCO[C@@H]1[C@@H]([C@H]23)[C@H]6C[C@@H]45. The van der Waals surface area contributed by atoms with E-state index in [0.717, 1.165) is 36.2 Å². The fourth-order valence-electron chi connectivity index (χ4n) is 11.9. The van der Waals surface area contributed by atoms with Crippen molar-refractivity contribution in [3.8, 4) is 5.75 Å². The van der Waals surface area contributed by atoms with Gasteiger partial charge in [0, 0.05) is 54.2 Å². The highest BCUT2D eigenvalue weighted by Gasteiger charge is 2.74. The van der Waals surface area contributed by atoms with Gasteiger partial charge in [-0.15, -0.1) is 0 Å². The van der Waals surface area contributed by atoms with Gasteiger partial charge in [0.1, 0.15) is 18.3 Å². The first-order chi connectivity index (χ1) is 22.5. The maximum atomic E-state index is 7.10.